The molecule has 3 aromatic rings. The second-order valence-corrected chi connectivity index (χ2v) is 6.03. The van der Waals surface area contributed by atoms with Crippen molar-refractivity contribution in [2.75, 3.05) is 0 Å². The molecule has 0 unspecified atom stereocenters. The number of ketones is 1. The molecule has 0 aliphatic carbocycles. The Labute approximate surface area is 134 Å². The van der Waals surface area contributed by atoms with Gasteiger partial charge in [-0.1, -0.05) is 11.6 Å². The van der Waals surface area contributed by atoms with Crippen molar-refractivity contribution < 1.29 is 14.3 Å². The predicted molar refractivity (Wildman–Crippen MR) is 84.9 cm³/mol. The van der Waals surface area contributed by atoms with Gasteiger partial charge in [-0.25, -0.2) is 4.98 Å². The Morgan fingerprint density at radius 2 is 2.14 bits per heavy atom. The summed E-state index contributed by atoms with van der Waals surface area (Å²) in [6, 6.07) is 5.07. The maximum Gasteiger partial charge on any atom is 0.308 e. The van der Waals surface area contributed by atoms with E-state index in [1.54, 1.807) is 23.6 Å². The quantitative estimate of drug-likeness (QED) is 0.585. The summed E-state index contributed by atoms with van der Waals surface area (Å²) in [7, 11) is 0. The number of benzene rings is 1. The summed E-state index contributed by atoms with van der Waals surface area (Å²) in [4.78, 5) is 31.1. The summed E-state index contributed by atoms with van der Waals surface area (Å²) in [6.45, 7) is 3.09. The number of fused-ring (bicyclic) bond motifs is 1. The smallest absolute Gasteiger partial charge is 0.308 e. The topological polar surface area (TPSA) is 72.1 Å². The third kappa shape index (κ3) is 2.63. The Morgan fingerprint density at radius 3 is 2.77 bits per heavy atom. The lowest BCUT2D eigenvalue weighted by Gasteiger charge is -2.02. The van der Waals surface area contributed by atoms with Crippen molar-refractivity contribution in [3.63, 3.8) is 0 Å². The number of thiazole rings is 1. The van der Waals surface area contributed by atoms with Gasteiger partial charge in [-0.15, -0.1) is 11.3 Å². The maximum atomic E-state index is 12.6. The van der Waals surface area contributed by atoms with Crippen molar-refractivity contribution >= 4 is 45.6 Å². The van der Waals surface area contributed by atoms with Crippen LogP contribution < -0.4 is 4.74 Å². The van der Waals surface area contributed by atoms with Gasteiger partial charge in [0.05, 0.1) is 0 Å². The average Bonchev–Trinajstić information content (AvgIpc) is 3.03. The summed E-state index contributed by atoms with van der Waals surface area (Å²) in [6.07, 6.45) is 0. The van der Waals surface area contributed by atoms with E-state index in [9.17, 15) is 9.59 Å². The molecule has 0 saturated carbocycles. The Balaban J connectivity index is 2.19. The first kappa shape index (κ1) is 14.7. The average molecular weight is 335 g/mol. The van der Waals surface area contributed by atoms with Crippen LogP contribution >= 0.6 is 22.9 Å². The predicted octanol–water partition coefficient (Wildman–Crippen LogP) is 3.74. The second-order valence-electron chi connectivity index (χ2n) is 4.74. The minimum Gasteiger partial charge on any atom is -0.424 e. The summed E-state index contributed by atoms with van der Waals surface area (Å²) in [5, 5.41) is 3.20. The van der Waals surface area contributed by atoms with Crippen LogP contribution in [0.3, 0.4) is 0 Å². The van der Waals surface area contributed by atoms with Gasteiger partial charge in [-0.2, -0.15) is 0 Å². The number of H-pyrrole nitrogens is 1. The number of carbonyl (C=O) groups excluding carboxylic acids is 2. The largest absolute Gasteiger partial charge is 0.424 e. The highest BCUT2D eigenvalue weighted by atomic mass is 35.5. The van der Waals surface area contributed by atoms with Crippen LogP contribution in [-0.2, 0) is 4.79 Å². The lowest BCUT2D eigenvalue weighted by Crippen LogP contribution is -2.08. The van der Waals surface area contributed by atoms with E-state index in [0.717, 1.165) is 5.69 Å². The number of carbonyl (C=O) groups is 2. The van der Waals surface area contributed by atoms with Crippen molar-refractivity contribution in [1.29, 1.82) is 0 Å². The van der Waals surface area contributed by atoms with E-state index in [4.69, 9.17) is 16.3 Å². The molecule has 0 bridgehead atoms. The summed E-state index contributed by atoms with van der Waals surface area (Å²) >= 11 is 7.23. The van der Waals surface area contributed by atoms with Crippen LogP contribution in [0, 0.1) is 6.92 Å². The third-order valence-electron chi connectivity index (χ3n) is 3.00. The minimum atomic E-state index is -0.509. The van der Waals surface area contributed by atoms with Gasteiger partial charge in [0.2, 0.25) is 5.78 Å². The van der Waals surface area contributed by atoms with Crippen molar-refractivity contribution in [3.05, 3.63) is 45.0 Å². The molecule has 5 nitrogen and oxygen atoms in total. The lowest BCUT2D eigenvalue weighted by molar-refractivity contribution is -0.131. The Kier molecular flexibility index (Phi) is 3.72. The van der Waals surface area contributed by atoms with Crippen LogP contribution in [0.1, 0.15) is 28.1 Å². The van der Waals surface area contributed by atoms with E-state index in [2.05, 4.69) is 9.97 Å². The van der Waals surface area contributed by atoms with Gasteiger partial charge >= 0.3 is 5.97 Å². The number of aromatic nitrogens is 2. The van der Waals surface area contributed by atoms with Crippen molar-refractivity contribution in [3.8, 4) is 5.75 Å². The number of ether oxygens (including phenoxy) is 1. The Hall–Kier alpha value is -2.18. The van der Waals surface area contributed by atoms with E-state index in [0.29, 0.717) is 20.9 Å². The number of esters is 1. The molecular formula is C15H11ClN2O3S. The summed E-state index contributed by atoms with van der Waals surface area (Å²) < 4.78 is 5.23. The highest BCUT2D eigenvalue weighted by Crippen LogP contribution is 2.34. The molecular weight excluding hydrogens is 324 g/mol. The maximum absolute atomic E-state index is 12.6. The number of hydrogen-bond donors (Lipinski definition) is 1. The second kappa shape index (κ2) is 5.55. The zero-order valence-electron chi connectivity index (χ0n) is 11.8. The molecule has 1 N–H and O–H groups in total. The van der Waals surface area contributed by atoms with Crippen LogP contribution in [0.15, 0.2) is 23.6 Å². The molecule has 0 aliphatic rings. The van der Waals surface area contributed by atoms with Crippen LogP contribution in [0.25, 0.3) is 10.9 Å². The number of nitrogens with one attached hydrogen (secondary N) is 1. The Morgan fingerprint density at radius 1 is 1.36 bits per heavy atom. The summed E-state index contributed by atoms with van der Waals surface area (Å²) in [5.74, 6) is -0.644. The number of hydrogen-bond acceptors (Lipinski definition) is 5. The molecule has 2 heterocycles. The first-order chi connectivity index (χ1) is 10.5. The van der Waals surface area contributed by atoms with Crippen LogP contribution in [0.5, 0.6) is 5.75 Å². The molecule has 112 valence electrons. The van der Waals surface area contributed by atoms with E-state index >= 15 is 0 Å². The molecule has 22 heavy (non-hydrogen) atoms. The molecule has 0 aliphatic heterocycles. The van der Waals surface area contributed by atoms with Crippen LogP contribution in [0.4, 0.5) is 0 Å². The first-order valence-electron chi connectivity index (χ1n) is 6.42. The minimum absolute atomic E-state index is 0.183. The number of aromatic amines is 1. The van der Waals surface area contributed by atoms with Crippen molar-refractivity contribution in [2.45, 2.75) is 13.8 Å². The molecule has 0 spiro atoms. The highest BCUT2D eigenvalue weighted by molar-refractivity contribution is 7.12. The molecule has 0 saturated heterocycles. The number of nitrogens with zero attached hydrogens (tertiary/aromatic N) is 1. The normalized spacial score (nSPS) is 10.9. The van der Waals surface area contributed by atoms with E-state index in [1.807, 2.05) is 6.92 Å². The first-order valence-corrected chi connectivity index (χ1v) is 7.68. The summed E-state index contributed by atoms with van der Waals surface area (Å²) in [5.41, 5.74) is 1.63. The number of rotatable bonds is 3. The number of aryl methyl sites for hydroxylation is 1. The fraction of sp³-hybridized carbons (Fsp3) is 0.133. The van der Waals surface area contributed by atoms with Gasteiger partial charge in [-0.3, -0.25) is 9.59 Å². The third-order valence-corrected chi connectivity index (χ3v) is 4.19. The molecule has 0 fully saturated rings. The number of halogens is 1. The molecule has 2 aromatic heterocycles. The van der Waals surface area contributed by atoms with Crippen molar-refractivity contribution in [1.82, 2.24) is 9.97 Å². The fourth-order valence-electron chi connectivity index (χ4n) is 2.11. The fourth-order valence-corrected chi connectivity index (χ4v) is 3.03. The SMILES string of the molecule is CC(=O)Oc1c(C(=O)c2nc(C)cs2)[nH]c2ccc(Cl)cc12. The molecule has 3 rings (SSSR count). The molecule has 0 amide bonds. The van der Waals surface area contributed by atoms with Crippen LogP contribution in [0.2, 0.25) is 5.02 Å². The van der Waals surface area contributed by atoms with Gasteiger partial charge in [0, 0.05) is 33.9 Å². The monoisotopic (exact) mass is 334 g/mol. The van der Waals surface area contributed by atoms with Gasteiger partial charge in [0.25, 0.3) is 0 Å². The molecule has 0 atom stereocenters. The zero-order valence-corrected chi connectivity index (χ0v) is 13.3. The molecule has 7 heteroatoms. The molecule has 0 radical (unpaired) electrons. The van der Waals surface area contributed by atoms with E-state index in [-0.39, 0.29) is 17.2 Å². The van der Waals surface area contributed by atoms with E-state index < -0.39 is 5.97 Å². The van der Waals surface area contributed by atoms with Gasteiger partial charge < -0.3 is 9.72 Å². The molecule has 1 aromatic carbocycles. The van der Waals surface area contributed by atoms with Gasteiger partial charge in [0.15, 0.2) is 10.8 Å². The lowest BCUT2D eigenvalue weighted by atomic mass is 10.2. The van der Waals surface area contributed by atoms with Gasteiger partial charge in [0.1, 0.15) is 5.69 Å². The van der Waals surface area contributed by atoms with Crippen LogP contribution in [-0.4, -0.2) is 21.7 Å². The van der Waals surface area contributed by atoms with E-state index in [1.165, 1.54) is 18.3 Å². The van der Waals surface area contributed by atoms with Gasteiger partial charge in [-0.05, 0) is 25.1 Å². The standard InChI is InChI=1S/C15H11ClN2O3S/c1-7-6-22-15(17-7)13(20)12-14(21-8(2)19)10-5-9(16)3-4-11(10)18-12/h3-6,18H,1-2H3. The Bertz CT molecular complexity index is 897. The highest BCUT2D eigenvalue weighted by Gasteiger charge is 2.24. The zero-order chi connectivity index (χ0) is 15.9. The van der Waals surface area contributed by atoms with Crippen molar-refractivity contribution in [2.24, 2.45) is 0 Å².